The first-order valence-corrected chi connectivity index (χ1v) is 11.4. The van der Waals surface area contributed by atoms with E-state index in [2.05, 4.69) is 10.3 Å². The van der Waals surface area contributed by atoms with Crippen LogP contribution in [0.25, 0.3) is 10.4 Å². The number of esters is 1. The molecule has 11 heteroatoms. The molecule has 0 saturated carbocycles. The average molecular weight is 477 g/mol. The van der Waals surface area contributed by atoms with Crippen molar-refractivity contribution in [3.8, 4) is 10.4 Å². The van der Waals surface area contributed by atoms with Gasteiger partial charge in [0.15, 0.2) is 6.23 Å². The van der Waals surface area contributed by atoms with Crippen LogP contribution in [0.3, 0.4) is 0 Å². The highest BCUT2D eigenvalue weighted by Crippen LogP contribution is 2.41. The van der Waals surface area contributed by atoms with Crippen LogP contribution in [-0.2, 0) is 24.2 Å². The number of rotatable bonds is 8. The molecule has 0 bridgehead atoms. The molecule has 1 atom stereocenters. The molecule has 0 aliphatic carbocycles. The summed E-state index contributed by atoms with van der Waals surface area (Å²) in [5.74, 6) is -2.90. The number of aromatic nitrogens is 1. The summed E-state index contributed by atoms with van der Waals surface area (Å²) < 4.78 is 46.4. The van der Waals surface area contributed by atoms with Crippen molar-refractivity contribution < 1.29 is 32.2 Å². The van der Waals surface area contributed by atoms with Gasteiger partial charge in [-0.2, -0.15) is 0 Å². The molecule has 0 amide bonds. The van der Waals surface area contributed by atoms with Crippen LogP contribution in [0.5, 0.6) is 0 Å². The van der Waals surface area contributed by atoms with Gasteiger partial charge in [0, 0.05) is 30.1 Å². The van der Waals surface area contributed by atoms with Crippen LogP contribution in [-0.4, -0.2) is 37.5 Å². The van der Waals surface area contributed by atoms with Crippen molar-refractivity contribution in [2.45, 2.75) is 16.0 Å². The number of ether oxygens (including phenoxy) is 1. The fourth-order valence-corrected chi connectivity index (χ4v) is 5.74. The van der Waals surface area contributed by atoms with E-state index in [0.717, 1.165) is 17.4 Å². The van der Waals surface area contributed by atoms with E-state index in [1.54, 1.807) is 6.07 Å². The molecule has 0 aliphatic heterocycles. The first-order valence-electron chi connectivity index (χ1n) is 9.06. The number of benzene rings is 1. The predicted molar refractivity (Wildman–Crippen MR) is 114 cm³/mol. The van der Waals surface area contributed by atoms with Crippen LogP contribution in [0.1, 0.15) is 11.1 Å². The molecule has 0 fully saturated rings. The lowest BCUT2D eigenvalue weighted by molar-refractivity contribution is -0.145. The van der Waals surface area contributed by atoms with E-state index in [9.17, 15) is 22.4 Å². The Morgan fingerprint density at radius 3 is 2.59 bits per heavy atom. The van der Waals surface area contributed by atoms with Gasteiger partial charge in [-0.3, -0.25) is 10.3 Å². The standard InChI is InChI=1S/C21H17FN2O6S2/c1-23-21(30-19(27)9-8-18(25)26)16-11-17(32(28,29)13-5-4-10-24-12-13)20(31-16)14-6-2-3-7-15(14)22/h2-12,21,23H,1H3,(H,25,26)/b9-8+. The molecule has 166 valence electrons. The van der Waals surface area contributed by atoms with Gasteiger partial charge in [-0.05, 0) is 31.3 Å². The number of pyridine rings is 1. The van der Waals surface area contributed by atoms with Crippen molar-refractivity contribution in [2.75, 3.05) is 7.05 Å². The van der Waals surface area contributed by atoms with Crippen molar-refractivity contribution in [1.29, 1.82) is 0 Å². The zero-order valence-corrected chi connectivity index (χ0v) is 18.2. The summed E-state index contributed by atoms with van der Waals surface area (Å²) in [4.78, 5) is 26.5. The molecule has 0 radical (unpaired) electrons. The molecule has 32 heavy (non-hydrogen) atoms. The van der Waals surface area contributed by atoms with Gasteiger partial charge in [0.2, 0.25) is 9.84 Å². The molecule has 3 rings (SSSR count). The lowest BCUT2D eigenvalue weighted by Gasteiger charge is -2.14. The smallest absolute Gasteiger partial charge is 0.332 e. The van der Waals surface area contributed by atoms with Crippen molar-refractivity contribution in [1.82, 2.24) is 10.3 Å². The minimum absolute atomic E-state index is 0.0677. The van der Waals surface area contributed by atoms with Crippen molar-refractivity contribution >= 4 is 33.1 Å². The number of hydrogen-bond acceptors (Lipinski definition) is 8. The fraction of sp³-hybridized carbons (Fsp3) is 0.0952. The van der Waals surface area contributed by atoms with E-state index in [4.69, 9.17) is 9.84 Å². The normalized spacial score (nSPS) is 12.6. The number of sulfone groups is 1. The maximum absolute atomic E-state index is 14.6. The Morgan fingerprint density at radius 1 is 1.22 bits per heavy atom. The third-order valence-corrected chi connectivity index (χ3v) is 7.29. The molecule has 8 nitrogen and oxygen atoms in total. The number of thiophene rings is 1. The van der Waals surface area contributed by atoms with Crippen molar-refractivity contribution in [2.24, 2.45) is 0 Å². The zero-order chi connectivity index (χ0) is 23.3. The predicted octanol–water partition coefficient (Wildman–Crippen LogP) is 3.18. The minimum atomic E-state index is -4.08. The van der Waals surface area contributed by atoms with Gasteiger partial charge in [-0.25, -0.2) is 22.4 Å². The van der Waals surface area contributed by atoms with E-state index in [-0.39, 0.29) is 25.1 Å². The lowest BCUT2D eigenvalue weighted by Crippen LogP contribution is -2.21. The van der Waals surface area contributed by atoms with Gasteiger partial charge in [-0.1, -0.05) is 18.2 Å². The van der Waals surface area contributed by atoms with Crippen LogP contribution in [0.4, 0.5) is 4.39 Å². The van der Waals surface area contributed by atoms with Crippen molar-refractivity contribution in [3.63, 3.8) is 0 Å². The first-order chi connectivity index (χ1) is 15.2. The second-order valence-electron chi connectivity index (χ2n) is 6.29. The number of aliphatic carboxylic acids is 1. The van der Waals surface area contributed by atoms with Crippen molar-refractivity contribution in [3.05, 3.63) is 77.7 Å². The van der Waals surface area contributed by atoms with Crippen LogP contribution in [0.2, 0.25) is 0 Å². The van der Waals surface area contributed by atoms with E-state index < -0.39 is 33.8 Å². The molecular formula is C21H17FN2O6S2. The Morgan fingerprint density at radius 2 is 1.97 bits per heavy atom. The number of carbonyl (C=O) groups is 2. The van der Waals surface area contributed by atoms with Gasteiger partial charge in [0.1, 0.15) is 5.82 Å². The number of carbonyl (C=O) groups excluding carboxylic acids is 1. The summed E-state index contributed by atoms with van der Waals surface area (Å²) in [7, 11) is -2.62. The SMILES string of the molecule is CNC(OC(=O)/C=C/C(=O)O)c1cc(S(=O)(=O)c2cccnc2)c(-c2ccccc2F)s1. The molecule has 2 aromatic heterocycles. The third-order valence-electron chi connectivity index (χ3n) is 4.19. The lowest BCUT2D eigenvalue weighted by atomic mass is 10.2. The van der Waals surface area contributed by atoms with Gasteiger partial charge >= 0.3 is 11.9 Å². The van der Waals surface area contributed by atoms with Gasteiger partial charge in [0.05, 0.1) is 19.5 Å². The summed E-state index contributed by atoms with van der Waals surface area (Å²) >= 11 is 0.928. The Labute approximate surface area is 186 Å². The maximum Gasteiger partial charge on any atom is 0.332 e. The molecule has 2 heterocycles. The minimum Gasteiger partial charge on any atom is -0.478 e. The Hall–Kier alpha value is -3.41. The van der Waals surface area contributed by atoms with Gasteiger partial charge in [0.25, 0.3) is 0 Å². The highest BCUT2D eigenvalue weighted by atomic mass is 32.2. The number of carboxylic acid groups (broad SMARTS) is 1. The topological polar surface area (TPSA) is 123 Å². The average Bonchev–Trinajstić information content (AvgIpc) is 3.23. The summed E-state index contributed by atoms with van der Waals surface area (Å²) in [6.07, 6.45) is 2.85. The van der Waals surface area contributed by atoms with E-state index in [0.29, 0.717) is 6.08 Å². The molecule has 0 saturated heterocycles. The van der Waals surface area contributed by atoms with E-state index in [1.165, 1.54) is 55.8 Å². The number of nitrogens with one attached hydrogen (secondary N) is 1. The molecular weight excluding hydrogens is 459 g/mol. The second-order valence-corrected chi connectivity index (χ2v) is 9.29. The molecule has 1 unspecified atom stereocenters. The number of carboxylic acids is 1. The largest absolute Gasteiger partial charge is 0.478 e. The summed E-state index contributed by atoms with van der Waals surface area (Å²) in [5, 5.41) is 11.4. The van der Waals surface area contributed by atoms with Gasteiger partial charge < -0.3 is 9.84 Å². The van der Waals surface area contributed by atoms with Crippen LogP contribution >= 0.6 is 11.3 Å². The van der Waals surface area contributed by atoms with Gasteiger partial charge in [-0.15, -0.1) is 11.3 Å². The second kappa shape index (κ2) is 9.81. The number of halogens is 1. The Kier molecular flexibility index (Phi) is 7.13. The van der Waals surface area contributed by atoms with Crippen LogP contribution in [0.15, 0.2) is 76.8 Å². The number of nitrogens with zero attached hydrogens (tertiary/aromatic N) is 1. The summed E-state index contributed by atoms with van der Waals surface area (Å²) in [5.41, 5.74) is 0.0677. The highest BCUT2D eigenvalue weighted by Gasteiger charge is 2.29. The third kappa shape index (κ3) is 5.07. The van der Waals surface area contributed by atoms with Crippen LogP contribution < -0.4 is 5.32 Å². The maximum atomic E-state index is 14.6. The van der Waals surface area contributed by atoms with Crippen LogP contribution in [0, 0.1) is 5.82 Å². The summed E-state index contributed by atoms with van der Waals surface area (Å²) in [6, 6.07) is 9.85. The Balaban J connectivity index is 2.12. The summed E-state index contributed by atoms with van der Waals surface area (Å²) in [6.45, 7) is 0. The zero-order valence-electron chi connectivity index (χ0n) is 16.6. The Bertz CT molecular complexity index is 1270. The molecule has 2 N–H and O–H groups in total. The first kappa shape index (κ1) is 23.3. The number of hydrogen-bond donors (Lipinski definition) is 2. The molecule has 0 aliphatic rings. The molecule has 0 spiro atoms. The fourth-order valence-electron chi connectivity index (χ4n) is 2.74. The molecule has 3 aromatic rings. The quantitative estimate of drug-likeness (QED) is 0.289. The monoisotopic (exact) mass is 476 g/mol. The molecule has 1 aromatic carbocycles. The van der Waals surface area contributed by atoms with E-state index in [1.807, 2.05) is 0 Å². The van der Waals surface area contributed by atoms with E-state index >= 15 is 0 Å². The highest BCUT2D eigenvalue weighted by molar-refractivity contribution is 7.91.